The van der Waals surface area contributed by atoms with Crippen LogP contribution < -0.4 is 15.0 Å². The average Bonchev–Trinajstić information content (AvgIpc) is 2.26. The van der Waals surface area contributed by atoms with Crippen LogP contribution in [0.2, 0.25) is 0 Å². The van der Waals surface area contributed by atoms with Crippen LogP contribution in [-0.2, 0) is 11.4 Å². The molecule has 15 heavy (non-hydrogen) atoms. The predicted octanol–water partition coefficient (Wildman–Crippen LogP) is 2.12. The monoisotopic (exact) mass is 275 g/mol. The molecule has 1 aromatic carbocycles. The summed E-state index contributed by atoms with van der Waals surface area (Å²) in [6.07, 6.45) is 0. The number of hydroxylamine groups is 1. The summed E-state index contributed by atoms with van der Waals surface area (Å²) in [5.74, 6) is 1.51. The maximum absolute atomic E-state index is 5.26. The zero-order valence-electron chi connectivity index (χ0n) is 8.96. The van der Waals surface area contributed by atoms with Gasteiger partial charge in [-0.05, 0) is 6.07 Å². The van der Waals surface area contributed by atoms with E-state index < -0.39 is 0 Å². The van der Waals surface area contributed by atoms with Gasteiger partial charge in [0.2, 0.25) is 0 Å². The van der Waals surface area contributed by atoms with E-state index in [-0.39, 0.29) is 0 Å². The Morgan fingerprint density at radius 1 is 1.20 bits per heavy atom. The van der Waals surface area contributed by atoms with Crippen LogP contribution in [0.25, 0.3) is 0 Å². The van der Waals surface area contributed by atoms with Gasteiger partial charge in [-0.15, -0.1) is 0 Å². The highest BCUT2D eigenvalue weighted by Gasteiger charge is 2.09. The fourth-order valence-corrected chi connectivity index (χ4v) is 1.76. The second-order valence-corrected chi connectivity index (χ2v) is 3.67. The lowest BCUT2D eigenvalue weighted by Gasteiger charge is -2.12. The molecule has 0 aliphatic carbocycles. The van der Waals surface area contributed by atoms with Crippen LogP contribution in [0.5, 0.6) is 11.5 Å². The van der Waals surface area contributed by atoms with Crippen LogP contribution in [0.15, 0.2) is 16.6 Å². The molecule has 0 unspecified atom stereocenters. The number of hydrogen-bond donors (Lipinski definition) is 1. The second kappa shape index (κ2) is 5.95. The molecule has 0 amide bonds. The molecule has 4 nitrogen and oxygen atoms in total. The third-order valence-corrected chi connectivity index (χ3v) is 2.68. The Hall–Kier alpha value is -0.780. The summed E-state index contributed by atoms with van der Waals surface area (Å²) >= 11 is 3.45. The molecule has 1 N–H and O–H groups in total. The first-order valence-corrected chi connectivity index (χ1v) is 5.18. The van der Waals surface area contributed by atoms with Crippen molar-refractivity contribution in [1.82, 2.24) is 5.48 Å². The van der Waals surface area contributed by atoms with E-state index in [1.807, 2.05) is 12.1 Å². The van der Waals surface area contributed by atoms with Crippen molar-refractivity contribution >= 4 is 15.9 Å². The quantitative estimate of drug-likeness (QED) is 0.836. The van der Waals surface area contributed by atoms with E-state index in [9.17, 15) is 0 Å². The molecule has 0 saturated heterocycles. The zero-order valence-corrected chi connectivity index (χ0v) is 10.6. The van der Waals surface area contributed by atoms with E-state index in [0.29, 0.717) is 6.54 Å². The van der Waals surface area contributed by atoms with Gasteiger partial charge in [0.05, 0.1) is 27.9 Å². The molecule has 0 spiro atoms. The normalized spacial score (nSPS) is 10.1. The van der Waals surface area contributed by atoms with Crippen molar-refractivity contribution in [3.63, 3.8) is 0 Å². The maximum Gasteiger partial charge on any atom is 0.128 e. The highest BCUT2D eigenvalue weighted by molar-refractivity contribution is 9.10. The molecule has 0 heterocycles. The Bertz CT molecular complexity index is 331. The second-order valence-electron chi connectivity index (χ2n) is 2.82. The molecule has 5 heteroatoms. The highest BCUT2D eigenvalue weighted by Crippen LogP contribution is 2.32. The first-order chi connectivity index (χ1) is 7.22. The van der Waals surface area contributed by atoms with Gasteiger partial charge in [0, 0.05) is 16.1 Å². The number of rotatable bonds is 5. The van der Waals surface area contributed by atoms with Crippen LogP contribution in [-0.4, -0.2) is 21.3 Å². The minimum Gasteiger partial charge on any atom is -0.497 e. The highest BCUT2D eigenvalue weighted by atomic mass is 79.9. The van der Waals surface area contributed by atoms with Crippen molar-refractivity contribution in [2.75, 3.05) is 21.3 Å². The lowest BCUT2D eigenvalue weighted by molar-refractivity contribution is 0.0859. The Kier molecular flexibility index (Phi) is 4.87. The van der Waals surface area contributed by atoms with Gasteiger partial charge in [-0.3, -0.25) is 0 Å². The predicted molar refractivity (Wildman–Crippen MR) is 61.1 cm³/mol. The van der Waals surface area contributed by atoms with Gasteiger partial charge in [-0.1, -0.05) is 15.9 Å². The number of benzene rings is 1. The molecule has 0 aromatic heterocycles. The Morgan fingerprint density at radius 3 is 2.47 bits per heavy atom. The first-order valence-electron chi connectivity index (χ1n) is 4.39. The van der Waals surface area contributed by atoms with Gasteiger partial charge >= 0.3 is 0 Å². The molecule has 0 atom stereocenters. The van der Waals surface area contributed by atoms with Gasteiger partial charge < -0.3 is 14.3 Å². The summed E-state index contributed by atoms with van der Waals surface area (Å²) in [6, 6.07) is 3.71. The third-order valence-electron chi connectivity index (χ3n) is 1.98. The maximum atomic E-state index is 5.26. The molecule has 0 bridgehead atoms. The molecule has 0 radical (unpaired) electrons. The number of ether oxygens (including phenoxy) is 2. The van der Waals surface area contributed by atoms with Crippen molar-refractivity contribution in [2.24, 2.45) is 0 Å². The standard InChI is InChI=1S/C10H14BrNO3/c1-13-7-4-9(11)8(6-12-15-3)10(5-7)14-2/h4-5,12H,6H2,1-3H3. The molecule has 1 aromatic rings. The van der Waals surface area contributed by atoms with Crippen molar-refractivity contribution in [1.29, 1.82) is 0 Å². The van der Waals surface area contributed by atoms with Crippen LogP contribution >= 0.6 is 15.9 Å². The molecule has 0 fully saturated rings. The molecule has 0 saturated carbocycles. The van der Waals surface area contributed by atoms with Crippen LogP contribution in [0.4, 0.5) is 0 Å². The average molecular weight is 276 g/mol. The Labute approximate surface area is 97.6 Å². The Balaban J connectivity index is 3.01. The molecular formula is C10H14BrNO3. The fraction of sp³-hybridized carbons (Fsp3) is 0.400. The van der Waals surface area contributed by atoms with Gasteiger partial charge in [0.25, 0.3) is 0 Å². The van der Waals surface area contributed by atoms with Crippen LogP contribution in [0.3, 0.4) is 0 Å². The molecule has 0 aliphatic rings. The van der Waals surface area contributed by atoms with Crippen LogP contribution in [0.1, 0.15) is 5.56 Å². The summed E-state index contributed by atoms with van der Waals surface area (Å²) in [4.78, 5) is 4.80. The van der Waals surface area contributed by atoms with Crippen LogP contribution in [0, 0.1) is 0 Å². The lowest BCUT2D eigenvalue weighted by atomic mass is 10.2. The Morgan fingerprint density at radius 2 is 1.93 bits per heavy atom. The molecular weight excluding hydrogens is 262 g/mol. The largest absolute Gasteiger partial charge is 0.497 e. The van der Waals surface area contributed by atoms with E-state index >= 15 is 0 Å². The number of nitrogens with one attached hydrogen (secondary N) is 1. The minimum atomic E-state index is 0.560. The minimum absolute atomic E-state index is 0.560. The first kappa shape index (κ1) is 12.3. The van der Waals surface area contributed by atoms with Crippen molar-refractivity contribution in [3.8, 4) is 11.5 Å². The molecule has 84 valence electrons. The summed E-state index contributed by atoms with van der Waals surface area (Å²) in [5, 5.41) is 0. The summed E-state index contributed by atoms with van der Waals surface area (Å²) in [7, 11) is 4.82. The lowest BCUT2D eigenvalue weighted by Crippen LogP contribution is -2.12. The zero-order chi connectivity index (χ0) is 11.3. The number of hydrogen-bond acceptors (Lipinski definition) is 4. The number of methoxy groups -OCH3 is 2. The summed E-state index contributed by atoms with van der Waals surface area (Å²) in [6.45, 7) is 0.560. The van der Waals surface area contributed by atoms with Gasteiger partial charge in [0.15, 0.2) is 0 Å². The smallest absolute Gasteiger partial charge is 0.128 e. The molecule has 1 rings (SSSR count). The van der Waals surface area contributed by atoms with E-state index in [2.05, 4.69) is 21.4 Å². The summed E-state index contributed by atoms with van der Waals surface area (Å²) < 4.78 is 11.3. The van der Waals surface area contributed by atoms with Gasteiger partial charge in [0.1, 0.15) is 11.5 Å². The van der Waals surface area contributed by atoms with Crippen molar-refractivity contribution in [2.45, 2.75) is 6.54 Å². The fourth-order valence-electron chi connectivity index (χ4n) is 1.20. The topological polar surface area (TPSA) is 39.7 Å². The SMILES string of the molecule is CONCc1c(Br)cc(OC)cc1OC. The van der Waals surface area contributed by atoms with E-state index in [4.69, 9.17) is 14.3 Å². The van der Waals surface area contributed by atoms with Crippen molar-refractivity contribution < 1.29 is 14.3 Å². The van der Waals surface area contributed by atoms with Gasteiger partial charge in [-0.25, -0.2) is 0 Å². The van der Waals surface area contributed by atoms with E-state index in [1.165, 1.54) is 0 Å². The van der Waals surface area contributed by atoms with Crippen molar-refractivity contribution in [3.05, 3.63) is 22.2 Å². The van der Waals surface area contributed by atoms with E-state index in [1.54, 1.807) is 21.3 Å². The van der Waals surface area contributed by atoms with E-state index in [0.717, 1.165) is 21.5 Å². The van der Waals surface area contributed by atoms with Gasteiger partial charge in [-0.2, -0.15) is 5.48 Å². The summed E-state index contributed by atoms with van der Waals surface area (Å²) in [5.41, 5.74) is 3.75. The number of halogens is 1. The molecule has 0 aliphatic heterocycles. The third kappa shape index (κ3) is 3.09.